The molecule has 230 valence electrons. The average molecular weight is 610 g/mol. The lowest BCUT2D eigenvalue weighted by Gasteiger charge is -2.49. The topological polar surface area (TPSA) is 118 Å². The number of H-pyrrole nitrogens is 1. The fourth-order valence-corrected chi connectivity index (χ4v) is 8.42. The van der Waals surface area contributed by atoms with E-state index in [4.69, 9.17) is 16.3 Å². The van der Waals surface area contributed by atoms with E-state index in [2.05, 4.69) is 21.3 Å². The maximum absolute atomic E-state index is 14.4. The van der Waals surface area contributed by atoms with Crippen LogP contribution >= 0.6 is 11.6 Å². The summed E-state index contributed by atoms with van der Waals surface area (Å²) < 4.78 is 6.43. The normalized spacial score (nSPS) is 33.7. The second kappa shape index (κ2) is 9.79. The first-order valence-electron chi connectivity index (χ1n) is 15.5. The van der Waals surface area contributed by atoms with Gasteiger partial charge in [0, 0.05) is 36.0 Å². The number of benzene rings is 1. The van der Waals surface area contributed by atoms with Crippen molar-refractivity contribution in [2.75, 3.05) is 20.1 Å². The number of amides is 3. The zero-order chi connectivity index (χ0) is 30.6. The number of nitrogens with zero attached hydrogens (tertiary/aromatic N) is 3. The molecule has 11 heteroatoms. The molecule has 1 aromatic heterocycles. The predicted octanol–water partition coefficient (Wildman–Crippen LogP) is 3.08. The first-order valence-corrected chi connectivity index (χ1v) is 15.8. The second-order valence-corrected chi connectivity index (χ2v) is 14.1. The number of aliphatic hydroxyl groups is 1. The van der Waals surface area contributed by atoms with Crippen LogP contribution in [0, 0.1) is 17.8 Å². The lowest BCUT2D eigenvalue weighted by atomic mass is 9.79. The number of carbonyl (C=O) groups excluding carboxylic acids is 3. The highest BCUT2D eigenvalue weighted by atomic mass is 35.5. The number of carbonyl (C=O) groups is 3. The average Bonchev–Trinajstić information content (AvgIpc) is 3.63. The molecular weight excluding hydrogens is 570 g/mol. The number of aromatic amines is 1. The molecule has 43 heavy (non-hydrogen) atoms. The number of fused-ring (bicyclic) bond motifs is 5. The van der Waals surface area contributed by atoms with Crippen molar-refractivity contribution in [3.8, 4) is 0 Å². The monoisotopic (exact) mass is 609 g/mol. The van der Waals surface area contributed by atoms with Gasteiger partial charge in [-0.3, -0.25) is 28.9 Å². The SMILES string of the molecule is CC(C)C[C@H]1C(=O)N2CCC[C@H]2[C@]2(O)O[C@](NC(=O)[C@@H]3C=C4c5cccc6[nH]c(Cl)c(c56)C[C@H]4N(C)C3)(C(C)C)C(=O)N12. The van der Waals surface area contributed by atoms with E-state index >= 15 is 0 Å². The summed E-state index contributed by atoms with van der Waals surface area (Å²) in [5.41, 5.74) is 2.34. The summed E-state index contributed by atoms with van der Waals surface area (Å²) in [6.45, 7) is 8.51. The molecule has 5 aliphatic rings. The summed E-state index contributed by atoms with van der Waals surface area (Å²) in [4.78, 5) is 50.6. The van der Waals surface area contributed by atoms with Crippen LogP contribution in [0.25, 0.3) is 16.5 Å². The number of hydrogen-bond acceptors (Lipinski definition) is 6. The van der Waals surface area contributed by atoms with Crippen LogP contribution in [0.2, 0.25) is 5.15 Å². The second-order valence-electron chi connectivity index (χ2n) is 13.7. The minimum Gasteiger partial charge on any atom is -0.347 e. The molecule has 3 fully saturated rings. The summed E-state index contributed by atoms with van der Waals surface area (Å²) >= 11 is 6.58. The molecular formula is C32H40ClN5O5. The molecule has 0 spiro atoms. The molecule has 2 aromatic rings. The van der Waals surface area contributed by atoms with Crippen LogP contribution in [0.4, 0.5) is 0 Å². The summed E-state index contributed by atoms with van der Waals surface area (Å²) in [6.07, 6.45) is 4.36. The summed E-state index contributed by atoms with van der Waals surface area (Å²) in [5, 5.41) is 16.9. The number of halogens is 1. The van der Waals surface area contributed by atoms with Gasteiger partial charge in [-0.2, -0.15) is 0 Å². The van der Waals surface area contributed by atoms with Gasteiger partial charge in [0.2, 0.25) is 17.5 Å². The van der Waals surface area contributed by atoms with Crippen LogP contribution in [-0.2, 0) is 25.5 Å². The molecule has 3 N–H and O–H groups in total. The molecule has 0 radical (unpaired) electrons. The van der Waals surface area contributed by atoms with Crippen molar-refractivity contribution in [2.45, 2.75) is 83.1 Å². The molecule has 1 aromatic carbocycles. The Bertz CT molecular complexity index is 1570. The third-order valence-electron chi connectivity index (χ3n) is 10.3. The maximum atomic E-state index is 14.4. The number of ether oxygens (including phenoxy) is 1. The van der Waals surface area contributed by atoms with Gasteiger partial charge >= 0.3 is 0 Å². The Hall–Kier alpha value is -2.92. The largest absolute Gasteiger partial charge is 0.347 e. The van der Waals surface area contributed by atoms with Crippen LogP contribution in [-0.4, -0.2) is 92.4 Å². The van der Waals surface area contributed by atoms with Crippen LogP contribution in [0.1, 0.15) is 58.1 Å². The van der Waals surface area contributed by atoms with E-state index < -0.39 is 41.5 Å². The number of aromatic nitrogens is 1. The quantitative estimate of drug-likeness (QED) is 0.480. The molecule has 0 unspecified atom stereocenters. The van der Waals surface area contributed by atoms with Crippen molar-refractivity contribution in [1.82, 2.24) is 25.0 Å². The van der Waals surface area contributed by atoms with Crippen LogP contribution in [0.5, 0.6) is 0 Å². The molecule has 10 nitrogen and oxygen atoms in total. The molecule has 1 aliphatic carbocycles. The van der Waals surface area contributed by atoms with Gasteiger partial charge in [0.15, 0.2) is 0 Å². The van der Waals surface area contributed by atoms with Crippen molar-refractivity contribution in [3.63, 3.8) is 0 Å². The van der Waals surface area contributed by atoms with Crippen molar-refractivity contribution in [3.05, 3.63) is 40.6 Å². The lowest BCUT2D eigenvalue weighted by Crippen LogP contribution is -2.71. The van der Waals surface area contributed by atoms with Gasteiger partial charge in [0.25, 0.3) is 11.8 Å². The van der Waals surface area contributed by atoms with E-state index in [1.54, 1.807) is 18.7 Å². The third-order valence-corrected chi connectivity index (χ3v) is 10.6. The van der Waals surface area contributed by atoms with Gasteiger partial charge in [-0.1, -0.05) is 57.5 Å². The Kier molecular flexibility index (Phi) is 6.56. The highest BCUT2D eigenvalue weighted by Crippen LogP contribution is 2.49. The highest BCUT2D eigenvalue weighted by molar-refractivity contribution is 6.32. The highest BCUT2D eigenvalue weighted by Gasteiger charge is 2.72. The van der Waals surface area contributed by atoms with Gasteiger partial charge < -0.3 is 20.3 Å². The fourth-order valence-electron chi connectivity index (χ4n) is 8.15. The molecule has 7 rings (SSSR count). The first kappa shape index (κ1) is 28.8. The van der Waals surface area contributed by atoms with Crippen LogP contribution in [0.3, 0.4) is 0 Å². The Morgan fingerprint density at radius 1 is 1.26 bits per heavy atom. The smallest absolute Gasteiger partial charge is 0.281 e. The van der Waals surface area contributed by atoms with Gasteiger partial charge in [0.1, 0.15) is 17.2 Å². The molecule has 0 bridgehead atoms. The van der Waals surface area contributed by atoms with E-state index in [1.165, 1.54) is 4.90 Å². The molecule has 4 aliphatic heterocycles. The van der Waals surface area contributed by atoms with Crippen molar-refractivity contribution in [1.29, 1.82) is 0 Å². The Morgan fingerprint density at radius 3 is 2.74 bits per heavy atom. The van der Waals surface area contributed by atoms with Crippen LogP contribution < -0.4 is 5.32 Å². The van der Waals surface area contributed by atoms with E-state index in [-0.39, 0.29) is 23.8 Å². The number of piperazine rings is 1. The Morgan fingerprint density at radius 2 is 2.02 bits per heavy atom. The molecule has 3 amide bonds. The van der Waals surface area contributed by atoms with Gasteiger partial charge in [0.05, 0.1) is 5.92 Å². The molecule has 5 heterocycles. The third kappa shape index (κ3) is 3.99. The predicted molar refractivity (Wildman–Crippen MR) is 161 cm³/mol. The molecule has 3 saturated heterocycles. The number of nitrogens with one attached hydrogen (secondary N) is 2. The fraction of sp³-hybridized carbons (Fsp3) is 0.594. The Labute approximate surface area is 256 Å². The number of rotatable bonds is 5. The van der Waals surface area contributed by atoms with Gasteiger partial charge in [-0.15, -0.1) is 0 Å². The maximum Gasteiger partial charge on any atom is 0.281 e. The Balaban J connectivity index is 1.25. The summed E-state index contributed by atoms with van der Waals surface area (Å²) in [7, 11) is 2.00. The standard InChI is InChI=1S/C32H40ClN5O5/c1-16(2)12-24-29(40)37-11-7-10-25(37)32(42)38(24)30(41)31(43-32,17(3)4)35-28(39)18-13-20-19-8-6-9-22-26(19)21(27(33)34-22)14-23(20)36(5)15-18/h6,8-9,13,16-18,23-25,34,42H,7,10-12,14-15H2,1-5H3,(H,35,39)/t18-,23-,24+,25+,31-,32+/m1/s1. The van der Waals surface area contributed by atoms with E-state index in [0.29, 0.717) is 37.5 Å². The van der Waals surface area contributed by atoms with E-state index in [0.717, 1.165) is 34.0 Å². The van der Waals surface area contributed by atoms with Gasteiger partial charge in [-0.05, 0) is 61.4 Å². The minimum absolute atomic E-state index is 0.0599. The number of hydrogen-bond donors (Lipinski definition) is 3. The lowest BCUT2D eigenvalue weighted by molar-refractivity contribution is -0.322. The van der Waals surface area contributed by atoms with E-state index in [1.807, 2.05) is 39.1 Å². The summed E-state index contributed by atoms with van der Waals surface area (Å²) in [5.74, 6) is -4.09. The molecule has 6 atom stereocenters. The zero-order valence-corrected chi connectivity index (χ0v) is 26.1. The van der Waals surface area contributed by atoms with Crippen molar-refractivity contribution < 1.29 is 24.2 Å². The first-order chi connectivity index (χ1) is 20.4. The summed E-state index contributed by atoms with van der Waals surface area (Å²) in [6, 6.07) is 4.57. The van der Waals surface area contributed by atoms with E-state index in [9.17, 15) is 19.5 Å². The zero-order valence-electron chi connectivity index (χ0n) is 25.3. The van der Waals surface area contributed by atoms with Crippen molar-refractivity contribution in [2.24, 2.45) is 17.8 Å². The molecule has 0 saturated carbocycles. The minimum atomic E-state index is -2.02. The van der Waals surface area contributed by atoms with Gasteiger partial charge in [-0.25, -0.2) is 0 Å². The number of likely N-dealkylation sites (N-methyl/N-ethyl adjacent to an activating group) is 1. The van der Waals surface area contributed by atoms with Crippen molar-refractivity contribution >= 4 is 45.8 Å². The van der Waals surface area contributed by atoms with Crippen LogP contribution in [0.15, 0.2) is 24.3 Å².